The van der Waals surface area contributed by atoms with Crippen LogP contribution >= 0.6 is 24.0 Å². The van der Waals surface area contributed by atoms with Crippen molar-refractivity contribution < 1.29 is 4.74 Å². The monoisotopic (exact) mass is 495 g/mol. The van der Waals surface area contributed by atoms with Crippen LogP contribution in [0.5, 0.6) is 0 Å². The van der Waals surface area contributed by atoms with Gasteiger partial charge in [0.1, 0.15) is 0 Å². The normalized spacial score (nSPS) is 21.0. The molecule has 0 amide bonds. The number of guanidine groups is 1. The Bertz CT molecular complexity index is 409. The summed E-state index contributed by atoms with van der Waals surface area (Å²) in [6.07, 6.45) is 9.16. The number of morpholine rings is 1. The van der Waals surface area contributed by atoms with Crippen LogP contribution in [0.25, 0.3) is 0 Å². The zero-order valence-corrected chi connectivity index (χ0v) is 20.1. The molecule has 27 heavy (non-hydrogen) atoms. The molecule has 6 nitrogen and oxygen atoms in total. The molecular weight excluding hydrogens is 453 g/mol. The van der Waals surface area contributed by atoms with Crippen molar-refractivity contribution >= 4 is 29.9 Å². The van der Waals surface area contributed by atoms with E-state index < -0.39 is 0 Å². The summed E-state index contributed by atoms with van der Waals surface area (Å²) in [6.45, 7) is 10.3. The van der Waals surface area contributed by atoms with Crippen LogP contribution in [0.3, 0.4) is 0 Å². The standard InChI is InChI=1S/C20H41N5O.HI/c1-4-5-12-24(3)13-11-22-19(21-2)23-18-20(9-7-6-8-10-20)25-14-16-26-17-15-25;/h4-18H2,1-3H3,(H2,21,22,23);1H. The molecule has 7 heteroatoms. The van der Waals surface area contributed by atoms with Crippen molar-refractivity contribution in [3.8, 4) is 0 Å². The summed E-state index contributed by atoms with van der Waals surface area (Å²) in [5.41, 5.74) is 0.275. The number of likely N-dealkylation sites (N-methyl/N-ethyl adjacent to an activating group) is 1. The van der Waals surface area contributed by atoms with Gasteiger partial charge in [0.05, 0.1) is 13.2 Å². The molecule has 160 valence electrons. The minimum atomic E-state index is 0. The molecule has 0 aromatic heterocycles. The van der Waals surface area contributed by atoms with Gasteiger partial charge in [-0.1, -0.05) is 32.6 Å². The second-order valence-electron chi connectivity index (χ2n) is 7.89. The summed E-state index contributed by atoms with van der Waals surface area (Å²) in [6, 6.07) is 0. The quantitative estimate of drug-likeness (QED) is 0.293. The minimum absolute atomic E-state index is 0. The third kappa shape index (κ3) is 8.41. The van der Waals surface area contributed by atoms with E-state index in [1.165, 1.54) is 51.5 Å². The molecule has 0 aromatic rings. The number of rotatable bonds is 9. The second kappa shape index (κ2) is 14.0. The Balaban J connectivity index is 0.00000364. The zero-order chi connectivity index (χ0) is 18.7. The van der Waals surface area contributed by atoms with Gasteiger partial charge in [0.25, 0.3) is 0 Å². The number of halogens is 1. The Labute approximate surface area is 183 Å². The van der Waals surface area contributed by atoms with Gasteiger partial charge in [0.2, 0.25) is 0 Å². The first-order chi connectivity index (χ1) is 12.7. The largest absolute Gasteiger partial charge is 0.379 e. The average molecular weight is 495 g/mol. The summed E-state index contributed by atoms with van der Waals surface area (Å²) in [7, 11) is 4.07. The number of nitrogens with one attached hydrogen (secondary N) is 2. The van der Waals surface area contributed by atoms with Crippen LogP contribution in [0.15, 0.2) is 4.99 Å². The summed E-state index contributed by atoms with van der Waals surface area (Å²) < 4.78 is 5.58. The highest BCUT2D eigenvalue weighted by molar-refractivity contribution is 14.0. The maximum Gasteiger partial charge on any atom is 0.191 e. The van der Waals surface area contributed by atoms with Gasteiger partial charge in [-0.15, -0.1) is 24.0 Å². The Kier molecular flexibility index (Phi) is 12.9. The summed E-state index contributed by atoms with van der Waals surface area (Å²) in [5, 5.41) is 7.12. The molecular formula is C20H42IN5O. The van der Waals surface area contributed by atoms with Crippen LogP contribution in [-0.4, -0.2) is 87.9 Å². The number of unbranched alkanes of at least 4 members (excludes halogenated alkanes) is 1. The predicted molar refractivity (Wildman–Crippen MR) is 125 cm³/mol. The van der Waals surface area contributed by atoms with E-state index in [9.17, 15) is 0 Å². The maximum atomic E-state index is 5.58. The molecule has 0 atom stereocenters. The van der Waals surface area contributed by atoms with Crippen molar-refractivity contribution in [3.63, 3.8) is 0 Å². The van der Waals surface area contributed by atoms with Gasteiger partial charge in [-0.05, 0) is 32.9 Å². The van der Waals surface area contributed by atoms with E-state index in [0.29, 0.717) is 0 Å². The maximum absolute atomic E-state index is 5.58. The fourth-order valence-electron chi connectivity index (χ4n) is 4.23. The minimum Gasteiger partial charge on any atom is -0.379 e. The van der Waals surface area contributed by atoms with Crippen molar-refractivity contribution in [3.05, 3.63) is 0 Å². The van der Waals surface area contributed by atoms with Crippen molar-refractivity contribution in [1.29, 1.82) is 0 Å². The van der Waals surface area contributed by atoms with Crippen molar-refractivity contribution in [2.45, 2.75) is 57.4 Å². The molecule has 2 rings (SSSR count). The van der Waals surface area contributed by atoms with E-state index in [1.54, 1.807) is 0 Å². The van der Waals surface area contributed by atoms with Crippen molar-refractivity contribution in [1.82, 2.24) is 20.4 Å². The van der Waals surface area contributed by atoms with E-state index in [2.05, 4.69) is 39.4 Å². The lowest BCUT2D eigenvalue weighted by Gasteiger charge is -2.48. The van der Waals surface area contributed by atoms with Crippen LogP contribution in [0.2, 0.25) is 0 Å². The molecule has 1 aliphatic carbocycles. The summed E-state index contributed by atoms with van der Waals surface area (Å²) in [4.78, 5) is 9.50. The van der Waals surface area contributed by atoms with Gasteiger partial charge in [0.15, 0.2) is 5.96 Å². The molecule has 1 heterocycles. The number of hydrogen-bond acceptors (Lipinski definition) is 4. The van der Waals surface area contributed by atoms with Crippen molar-refractivity contribution in [2.24, 2.45) is 4.99 Å². The van der Waals surface area contributed by atoms with Gasteiger partial charge in [-0.2, -0.15) is 0 Å². The molecule has 1 aliphatic heterocycles. The van der Waals surface area contributed by atoms with Gasteiger partial charge < -0.3 is 20.3 Å². The zero-order valence-electron chi connectivity index (χ0n) is 17.8. The van der Waals surface area contributed by atoms with E-state index >= 15 is 0 Å². The highest BCUT2D eigenvalue weighted by atomic mass is 127. The topological polar surface area (TPSA) is 52.1 Å². The fraction of sp³-hybridized carbons (Fsp3) is 0.950. The average Bonchev–Trinajstić information content (AvgIpc) is 2.70. The van der Waals surface area contributed by atoms with Crippen molar-refractivity contribution in [2.75, 3.05) is 66.6 Å². The molecule has 0 unspecified atom stereocenters. The lowest BCUT2D eigenvalue weighted by molar-refractivity contribution is -0.0352. The molecule has 2 fully saturated rings. The molecule has 2 aliphatic rings. The first kappa shape index (κ1) is 24.9. The number of nitrogens with zero attached hydrogens (tertiary/aromatic N) is 3. The molecule has 2 N–H and O–H groups in total. The van der Waals surface area contributed by atoms with E-state index in [1.807, 2.05) is 7.05 Å². The van der Waals surface area contributed by atoms with Gasteiger partial charge in [-0.3, -0.25) is 9.89 Å². The predicted octanol–water partition coefficient (Wildman–Crippen LogP) is 2.54. The molecule has 1 saturated carbocycles. The molecule has 0 aromatic carbocycles. The van der Waals surface area contributed by atoms with E-state index in [-0.39, 0.29) is 29.5 Å². The second-order valence-corrected chi connectivity index (χ2v) is 7.89. The van der Waals surface area contributed by atoms with Crippen LogP contribution in [0, 0.1) is 0 Å². The Hall–Kier alpha value is -0.120. The third-order valence-electron chi connectivity index (χ3n) is 5.95. The number of aliphatic imine (C=N–C) groups is 1. The number of hydrogen-bond donors (Lipinski definition) is 2. The smallest absolute Gasteiger partial charge is 0.191 e. The fourth-order valence-corrected chi connectivity index (χ4v) is 4.23. The van der Waals surface area contributed by atoms with Crippen LogP contribution in [0.4, 0.5) is 0 Å². The Morgan fingerprint density at radius 2 is 1.81 bits per heavy atom. The van der Waals surface area contributed by atoms with Gasteiger partial charge in [-0.25, -0.2) is 0 Å². The highest BCUT2D eigenvalue weighted by Gasteiger charge is 2.38. The summed E-state index contributed by atoms with van der Waals surface area (Å²) >= 11 is 0. The first-order valence-electron chi connectivity index (χ1n) is 10.7. The van der Waals surface area contributed by atoms with Gasteiger partial charge >= 0.3 is 0 Å². The molecule has 1 saturated heterocycles. The molecule has 0 bridgehead atoms. The molecule has 0 spiro atoms. The van der Waals surface area contributed by atoms with E-state index in [4.69, 9.17) is 4.74 Å². The van der Waals surface area contributed by atoms with Crippen LogP contribution < -0.4 is 10.6 Å². The lowest BCUT2D eigenvalue weighted by Crippen LogP contribution is -2.60. The lowest BCUT2D eigenvalue weighted by atomic mass is 9.80. The Morgan fingerprint density at radius 3 is 2.44 bits per heavy atom. The third-order valence-corrected chi connectivity index (χ3v) is 5.95. The first-order valence-corrected chi connectivity index (χ1v) is 10.7. The number of ether oxygens (including phenoxy) is 1. The van der Waals surface area contributed by atoms with E-state index in [0.717, 1.165) is 51.9 Å². The Morgan fingerprint density at radius 1 is 1.11 bits per heavy atom. The highest BCUT2D eigenvalue weighted by Crippen LogP contribution is 2.33. The SMILES string of the molecule is CCCCN(C)CCNC(=NC)NCC1(N2CCOCC2)CCCCC1.I. The summed E-state index contributed by atoms with van der Waals surface area (Å²) in [5.74, 6) is 0.937. The van der Waals surface area contributed by atoms with Crippen LogP contribution in [-0.2, 0) is 4.74 Å². The molecule has 0 radical (unpaired) electrons. The van der Waals surface area contributed by atoms with Crippen LogP contribution in [0.1, 0.15) is 51.9 Å². The van der Waals surface area contributed by atoms with Gasteiger partial charge in [0, 0.05) is 45.3 Å².